The van der Waals surface area contributed by atoms with Crippen LogP contribution in [0.4, 0.5) is 0 Å². The molecule has 1 heterocycles. The van der Waals surface area contributed by atoms with E-state index in [-0.39, 0.29) is 9.40 Å². The third kappa shape index (κ3) is 5.03. The molecule has 0 N–H and O–H groups in total. The number of rotatable bonds is 6. The van der Waals surface area contributed by atoms with E-state index >= 15 is 0 Å². The zero-order valence-electron chi connectivity index (χ0n) is 16.8. The van der Waals surface area contributed by atoms with Gasteiger partial charge in [0.2, 0.25) is 0 Å². The van der Waals surface area contributed by atoms with Gasteiger partial charge in [0.25, 0.3) is 0 Å². The van der Waals surface area contributed by atoms with Gasteiger partial charge in [-0.05, 0) is 0 Å². The number of carbonyl (C=O) groups excluding carboxylic acids is 1. The van der Waals surface area contributed by atoms with Gasteiger partial charge in [-0.15, -0.1) is 0 Å². The second-order valence-electron chi connectivity index (χ2n) is 7.12. The predicted octanol–water partition coefficient (Wildman–Crippen LogP) is 6.54. The van der Waals surface area contributed by atoms with Crippen LogP contribution in [-0.2, 0) is 32.5 Å². The van der Waals surface area contributed by atoms with Crippen molar-refractivity contribution in [2.75, 3.05) is 0 Å². The summed E-state index contributed by atoms with van der Waals surface area (Å²) >= 11 is -2.08. The first kappa shape index (κ1) is 20.5. The summed E-state index contributed by atoms with van der Waals surface area (Å²) < 4.78 is 12.1. The van der Waals surface area contributed by atoms with Crippen LogP contribution in [0.1, 0.15) is 21.5 Å². The Morgan fingerprint density at radius 1 is 0.733 bits per heavy atom. The fourth-order valence-corrected chi connectivity index (χ4v) is 8.51. The second kappa shape index (κ2) is 9.81. The molecule has 1 atom stereocenters. The van der Waals surface area contributed by atoms with Crippen LogP contribution >= 0.6 is 0 Å². The Morgan fingerprint density at radius 3 is 1.67 bits per heavy atom. The third-order valence-corrected chi connectivity index (χ3v) is 12.2. The Bertz CT molecular complexity index is 1060. The molecule has 0 spiro atoms. The van der Waals surface area contributed by atoms with Crippen LogP contribution in [0, 0.1) is 0 Å². The van der Waals surface area contributed by atoms with E-state index in [1.807, 2.05) is 78.9 Å². The average Bonchev–Trinajstić information content (AvgIpc) is 2.81. The van der Waals surface area contributed by atoms with Crippen LogP contribution in [0.5, 0.6) is 0 Å². The van der Waals surface area contributed by atoms with Crippen molar-refractivity contribution in [1.82, 2.24) is 0 Å². The van der Waals surface area contributed by atoms with Gasteiger partial charge in [-0.1, -0.05) is 0 Å². The van der Waals surface area contributed by atoms with Crippen LogP contribution < -0.4 is 0 Å². The van der Waals surface area contributed by atoms with Gasteiger partial charge in [0.05, 0.1) is 0 Å². The first-order valence-corrected chi connectivity index (χ1v) is 15.4. The van der Waals surface area contributed by atoms with Crippen molar-refractivity contribution in [3.8, 4) is 22.6 Å². The maximum atomic E-state index is 11.6. The Balaban J connectivity index is 1.86. The van der Waals surface area contributed by atoms with Crippen molar-refractivity contribution >= 4 is 5.97 Å². The summed E-state index contributed by atoms with van der Waals surface area (Å²) in [5.74, 6) is 1.43. The molecule has 0 saturated carbocycles. The molecular formula is C26H21HgO3+. The van der Waals surface area contributed by atoms with Gasteiger partial charge >= 0.3 is 190 Å². The molecule has 144 valence electrons. The van der Waals surface area contributed by atoms with E-state index in [0.717, 1.165) is 28.2 Å². The maximum absolute atomic E-state index is 11.6. The summed E-state index contributed by atoms with van der Waals surface area (Å²) in [7, 11) is 0. The predicted molar refractivity (Wildman–Crippen MR) is 114 cm³/mol. The summed E-state index contributed by atoms with van der Waals surface area (Å²) in [5, 5.41) is 0. The van der Waals surface area contributed by atoms with Crippen molar-refractivity contribution in [2.45, 2.75) is 10.4 Å². The molecule has 4 aromatic rings. The minimum absolute atomic E-state index is 0.122. The summed E-state index contributed by atoms with van der Waals surface area (Å²) in [6, 6.07) is 34.7. The van der Waals surface area contributed by atoms with E-state index in [1.165, 1.54) is 12.5 Å². The van der Waals surface area contributed by atoms with Gasteiger partial charge in [-0.2, -0.15) is 0 Å². The van der Waals surface area contributed by atoms with Crippen molar-refractivity contribution in [3.05, 3.63) is 114 Å². The normalized spacial score (nSPS) is 11.4. The number of hydrogen-bond donors (Lipinski definition) is 0. The minimum atomic E-state index is -2.08. The monoisotopic (exact) mass is 583 g/mol. The number of carbonyl (C=O) groups is 1. The van der Waals surface area contributed by atoms with Gasteiger partial charge in [0.1, 0.15) is 0 Å². The van der Waals surface area contributed by atoms with E-state index in [1.54, 1.807) is 0 Å². The molecule has 0 bridgehead atoms. The molecular weight excluding hydrogens is 561 g/mol. The molecule has 0 aliphatic carbocycles. The van der Waals surface area contributed by atoms with Gasteiger partial charge in [0, 0.05) is 0 Å². The molecule has 1 aromatic heterocycles. The van der Waals surface area contributed by atoms with Crippen molar-refractivity contribution in [3.63, 3.8) is 0 Å². The molecule has 0 aliphatic rings. The Morgan fingerprint density at radius 2 is 1.20 bits per heavy atom. The molecule has 4 rings (SSSR count). The summed E-state index contributed by atoms with van der Waals surface area (Å²) in [6.45, 7) is 1.49. The Labute approximate surface area is 189 Å². The van der Waals surface area contributed by atoms with E-state index in [2.05, 4.69) is 24.3 Å². The van der Waals surface area contributed by atoms with E-state index in [0.29, 0.717) is 0 Å². The van der Waals surface area contributed by atoms with Crippen LogP contribution in [0.15, 0.2) is 108 Å². The first-order chi connectivity index (χ1) is 14.7. The molecule has 0 radical (unpaired) electrons. The van der Waals surface area contributed by atoms with E-state index in [9.17, 15) is 4.79 Å². The molecule has 0 fully saturated rings. The zero-order valence-corrected chi connectivity index (χ0v) is 22.3. The molecule has 1 unspecified atom stereocenters. The SMILES string of the molecule is CC(=O)[O][Hg][CH](c1ccccc1)c1cc(-c2ccccc2)[o+]c(-c2ccccc2)c1. The molecule has 3 aromatic carbocycles. The summed E-state index contributed by atoms with van der Waals surface area (Å²) in [6.07, 6.45) is 0. The fraction of sp³-hybridized carbons (Fsp3) is 0.0769. The van der Waals surface area contributed by atoms with Crippen LogP contribution in [0.3, 0.4) is 0 Å². The number of hydrogen-bond acceptors (Lipinski definition) is 2. The van der Waals surface area contributed by atoms with Gasteiger partial charge in [0.15, 0.2) is 0 Å². The van der Waals surface area contributed by atoms with Gasteiger partial charge in [-0.3, -0.25) is 0 Å². The standard InChI is InChI=1S/C24H18O.C2H4O2.Hg/c1-4-10-19(11-5-1)16-20-17-23(21-12-6-2-7-13-21)25-24(18-20)22-14-8-3-9-15-22;1-2(3)4;/h1-18H;1H3,(H,3,4);/q+1;;+1/p-1. The third-order valence-electron chi connectivity index (χ3n) is 4.99. The molecule has 0 aliphatic heterocycles. The van der Waals surface area contributed by atoms with E-state index < -0.39 is 25.0 Å². The molecule has 0 saturated heterocycles. The zero-order chi connectivity index (χ0) is 20.8. The molecule has 30 heavy (non-hydrogen) atoms. The van der Waals surface area contributed by atoms with Gasteiger partial charge in [-0.25, -0.2) is 0 Å². The Kier molecular flexibility index (Phi) is 6.70. The van der Waals surface area contributed by atoms with Gasteiger partial charge < -0.3 is 0 Å². The quantitative estimate of drug-likeness (QED) is 0.192. The summed E-state index contributed by atoms with van der Waals surface area (Å²) in [5.41, 5.74) is 4.36. The Hall–Kier alpha value is -2.78. The molecule has 4 heteroatoms. The second-order valence-corrected chi connectivity index (χ2v) is 12.7. The topological polar surface area (TPSA) is 37.6 Å². The molecule has 3 nitrogen and oxygen atoms in total. The van der Waals surface area contributed by atoms with Crippen LogP contribution in [0.25, 0.3) is 22.6 Å². The van der Waals surface area contributed by atoms with Crippen molar-refractivity contribution < 1.29 is 36.9 Å². The first-order valence-electron chi connectivity index (χ1n) is 9.98. The number of benzene rings is 3. The summed E-state index contributed by atoms with van der Waals surface area (Å²) in [4.78, 5) is 11.6. The fourth-order valence-electron chi connectivity index (χ4n) is 3.48. The molecule has 0 amide bonds. The van der Waals surface area contributed by atoms with Crippen LogP contribution in [0.2, 0.25) is 0 Å². The van der Waals surface area contributed by atoms with Crippen molar-refractivity contribution in [1.29, 1.82) is 0 Å². The van der Waals surface area contributed by atoms with E-state index in [4.69, 9.17) is 7.06 Å². The van der Waals surface area contributed by atoms with Crippen LogP contribution in [-0.4, -0.2) is 5.97 Å². The van der Waals surface area contributed by atoms with Crippen molar-refractivity contribution in [2.24, 2.45) is 0 Å². The average molecular weight is 582 g/mol.